The van der Waals surface area contributed by atoms with E-state index in [4.69, 9.17) is 15.5 Å². The third-order valence-electron chi connectivity index (χ3n) is 8.23. The van der Waals surface area contributed by atoms with Gasteiger partial charge in [-0.25, -0.2) is 18.7 Å². The summed E-state index contributed by atoms with van der Waals surface area (Å²) in [6.45, 7) is 3.98. The average Bonchev–Trinajstić information content (AvgIpc) is 3.62. The number of nitrogen functional groups attached to an aromatic ring is 1. The van der Waals surface area contributed by atoms with E-state index in [2.05, 4.69) is 21.4 Å². The molecule has 0 bridgehead atoms. The molecular formula is C32H33FN7O7PS. The number of rotatable bonds is 11. The number of hydrazine groups is 1. The Morgan fingerprint density at radius 2 is 1.88 bits per heavy atom. The average molecular weight is 710 g/mol. The minimum absolute atomic E-state index is 0.0221. The van der Waals surface area contributed by atoms with Crippen molar-refractivity contribution in [3.05, 3.63) is 102 Å². The Bertz CT molecular complexity index is 1940. The van der Waals surface area contributed by atoms with Gasteiger partial charge in [0.05, 0.1) is 29.9 Å². The maximum atomic E-state index is 14.6. The molecule has 2 saturated heterocycles. The van der Waals surface area contributed by atoms with Crippen molar-refractivity contribution in [1.82, 2.24) is 30.1 Å². The number of anilines is 1. The Kier molecular flexibility index (Phi) is 9.68. The molecule has 14 nitrogen and oxygen atoms in total. The molecule has 2 aliphatic rings. The summed E-state index contributed by atoms with van der Waals surface area (Å²) < 4.78 is 30.8. The van der Waals surface area contributed by atoms with Crippen LogP contribution in [-0.2, 0) is 33.7 Å². The van der Waals surface area contributed by atoms with Crippen LogP contribution in [0.1, 0.15) is 16.7 Å². The van der Waals surface area contributed by atoms with Crippen LogP contribution in [0.25, 0.3) is 10.2 Å². The number of halogens is 1. The van der Waals surface area contributed by atoms with Gasteiger partial charge < -0.3 is 25.4 Å². The van der Waals surface area contributed by atoms with Crippen LogP contribution in [0.5, 0.6) is 5.75 Å². The summed E-state index contributed by atoms with van der Waals surface area (Å²) in [4.78, 5) is 67.2. The molecule has 5 N–H and O–H groups in total. The minimum atomic E-state index is -4.78. The zero-order valence-corrected chi connectivity index (χ0v) is 27.7. The van der Waals surface area contributed by atoms with Gasteiger partial charge in [0.1, 0.15) is 23.8 Å². The summed E-state index contributed by atoms with van der Waals surface area (Å²) in [6, 6.07) is 16.5. The van der Waals surface area contributed by atoms with Crippen LogP contribution < -0.4 is 15.6 Å². The van der Waals surface area contributed by atoms with Crippen LogP contribution in [0.15, 0.2) is 79.4 Å². The minimum Gasteiger partial charge on any atom is -0.404 e. The number of carbonyl (C=O) groups excluding carboxylic acids is 3. The van der Waals surface area contributed by atoms with Gasteiger partial charge in [0.25, 0.3) is 0 Å². The molecule has 2 atom stereocenters. The number of nitrogens with zero attached hydrogens (tertiary/aromatic N) is 5. The summed E-state index contributed by atoms with van der Waals surface area (Å²) in [5.41, 5.74) is 8.27. The number of carbonyl (C=O) groups is 3. The molecule has 0 radical (unpaired) electrons. The van der Waals surface area contributed by atoms with E-state index in [9.17, 15) is 23.3 Å². The second-order valence-electron chi connectivity index (χ2n) is 11.5. The van der Waals surface area contributed by atoms with E-state index in [1.165, 1.54) is 28.1 Å². The molecule has 4 amide bonds. The summed E-state index contributed by atoms with van der Waals surface area (Å²) >= 11 is 1.00. The van der Waals surface area contributed by atoms with Crippen LogP contribution in [0.2, 0.25) is 0 Å². The molecule has 49 heavy (non-hydrogen) atoms. The molecule has 0 spiro atoms. The molecule has 1 aromatic heterocycles. The van der Waals surface area contributed by atoms with E-state index in [0.29, 0.717) is 16.6 Å². The van der Waals surface area contributed by atoms with Crippen molar-refractivity contribution in [2.24, 2.45) is 0 Å². The Morgan fingerprint density at radius 3 is 2.57 bits per heavy atom. The predicted octanol–water partition coefficient (Wildman–Crippen LogP) is 3.23. The quantitative estimate of drug-likeness (QED) is 0.133. The van der Waals surface area contributed by atoms with Crippen molar-refractivity contribution in [2.45, 2.75) is 31.7 Å². The first-order valence-electron chi connectivity index (χ1n) is 15.2. The molecule has 2 aliphatic heterocycles. The van der Waals surface area contributed by atoms with E-state index in [1.807, 2.05) is 30.3 Å². The van der Waals surface area contributed by atoms with E-state index >= 15 is 0 Å². The third-order valence-corrected chi connectivity index (χ3v) is 9.57. The molecule has 0 saturated carbocycles. The van der Waals surface area contributed by atoms with Crippen LogP contribution in [0.3, 0.4) is 0 Å². The molecule has 256 valence electrons. The zero-order chi connectivity index (χ0) is 34.9. The normalized spacial score (nSPS) is 18.1. The number of phosphoric acid groups is 1. The van der Waals surface area contributed by atoms with Crippen molar-refractivity contribution < 1.29 is 37.6 Å². The molecule has 0 unspecified atom stereocenters. The Labute approximate surface area is 284 Å². The molecule has 0 aliphatic carbocycles. The molecule has 3 heterocycles. The molecular weight excluding hydrogens is 676 g/mol. The van der Waals surface area contributed by atoms with E-state index < -0.39 is 31.9 Å². The molecule has 4 aromatic rings. The summed E-state index contributed by atoms with van der Waals surface area (Å²) in [6.07, 6.45) is 0.833. The Balaban J connectivity index is 1.32. The van der Waals surface area contributed by atoms with Gasteiger partial charge in [-0.05, 0) is 34.9 Å². The highest BCUT2D eigenvalue weighted by atomic mass is 32.1. The first kappa shape index (κ1) is 34.0. The second kappa shape index (κ2) is 13.9. The van der Waals surface area contributed by atoms with Gasteiger partial charge in [-0.1, -0.05) is 65.9 Å². The number of piperazine rings is 1. The lowest BCUT2D eigenvalue weighted by atomic mass is 9.99. The van der Waals surface area contributed by atoms with Crippen LogP contribution in [0.4, 0.5) is 14.3 Å². The van der Waals surface area contributed by atoms with E-state index in [-0.39, 0.29) is 66.5 Å². The monoisotopic (exact) mass is 709 g/mol. The van der Waals surface area contributed by atoms with E-state index in [0.717, 1.165) is 16.9 Å². The van der Waals surface area contributed by atoms with Crippen LogP contribution in [0, 0.1) is 5.82 Å². The highest BCUT2D eigenvalue weighted by Gasteiger charge is 2.52. The maximum absolute atomic E-state index is 14.6. The van der Waals surface area contributed by atoms with Gasteiger partial charge in [0.2, 0.25) is 11.8 Å². The van der Waals surface area contributed by atoms with Crippen molar-refractivity contribution in [1.29, 1.82) is 0 Å². The molecule has 17 heteroatoms. The van der Waals surface area contributed by atoms with Crippen molar-refractivity contribution in [3.8, 4) is 5.75 Å². The largest absolute Gasteiger partial charge is 0.524 e. The summed E-state index contributed by atoms with van der Waals surface area (Å²) in [5.74, 6) is -1.31. The number of amides is 4. The number of nitrogens with one attached hydrogen (secondary N) is 1. The third kappa shape index (κ3) is 7.43. The van der Waals surface area contributed by atoms with Crippen molar-refractivity contribution in [2.75, 3.05) is 25.4 Å². The number of hydrogen-bond donors (Lipinski definition) is 4. The van der Waals surface area contributed by atoms with Gasteiger partial charge in [-0.15, -0.1) is 6.58 Å². The fraction of sp³-hybridized carbons (Fsp3) is 0.250. The Hall–Kier alpha value is -4.86. The first-order valence-corrected chi connectivity index (χ1v) is 17.5. The Morgan fingerprint density at radius 1 is 1.14 bits per heavy atom. The fourth-order valence-electron chi connectivity index (χ4n) is 6.11. The topological polar surface area (TPSA) is 182 Å². The number of aromatic nitrogens is 1. The lowest BCUT2D eigenvalue weighted by molar-refractivity contribution is -0.157. The lowest BCUT2D eigenvalue weighted by Crippen LogP contribution is -2.66. The van der Waals surface area contributed by atoms with Gasteiger partial charge in [0, 0.05) is 19.5 Å². The maximum Gasteiger partial charge on any atom is 0.524 e. The van der Waals surface area contributed by atoms with Gasteiger partial charge >= 0.3 is 13.9 Å². The first-order chi connectivity index (χ1) is 23.4. The highest BCUT2D eigenvalue weighted by Crippen LogP contribution is 2.38. The standard InChI is InChI=1S/C32H33FN7O7PS/c1-2-14-38(32(43)35-16-21-6-4-3-5-7-21)39-19-27(41)40-25(15-20-8-11-23(12-9-20)47-48(44,45)46)30(42)37(18-26(39)40)17-22-10-13-24(33)29-28(22)36-31(34)49-29/h2-13,25-26H,1,14-19H2,(H2,34,36)(H,35,43)(H2,44,45,46)/t25-,26-/m1/s1. The number of fused-ring (bicyclic) bond motifs is 2. The predicted molar refractivity (Wildman–Crippen MR) is 179 cm³/mol. The number of hydrogen-bond acceptors (Lipinski definition) is 9. The number of benzene rings is 3. The zero-order valence-electron chi connectivity index (χ0n) is 26.0. The summed E-state index contributed by atoms with van der Waals surface area (Å²) in [5, 5.41) is 6.09. The number of thiazole rings is 1. The second-order valence-corrected chi connectivity index (χ2v) is 13.7. The molecule has 6 rings (SSSR count). The van der Waals surface area contributed by atoms with Gasteiger partial charge in [0.15, 0.2) is 5.13 Å². The van der Waals surface area contributed by atoms with Crippen LogP contribution in [-0.4, -0.2) is 84.3 Å². The highest BCUT2D eigenvalue weighted by molar-refractivity contribution is 7.46. The van der Waals surface area contributed by atoms with Gasteiger partial charge in [-0.3, -0.25) is 24.4 Å². The number of nitrogens with two attached hydrogens (primary N) is 1. The SMILES string of the molecule is C=CCN(C(=O)NCc1ccccc1)N1CC(=O)N2[C@H](Cc3ccc(OP(=O)(O)O)cc3)C(=O)N(Cc3ccc(F)c4sc(N)nc34)C[C@@H]21. The van der Waals surface area contributed by atoms with Crippen molar-refractivity contribution in [3.63, 3.8) is 0 Å². The van der Waals surface area contributed by atoms with Crippen molar-refractivity contribution >= 4 is 52.4 Å². The molecule has 3 aromatic carbocycles. The fourth-order valence-corrected chi connectivity index (χ4v) is 7.29. The number of phosphoric ester groups is 1. The smallest absolute Gasteiger partial charge is 0.404 e. The van der Waals surface area contributed by atoms with Gasteiger partial charge in [-0.2, -0.15) is 5.01 Å². The van der Waals surface area contributed by atoms with Crippen LogP contribution >= 0.6 is 19.2 Å². The van der Waals surface area contributed by atoms with E-state index in [1.54, 1.807) is 34.2 Å². The summed E-state index contributed by atoms with van der Waals surface area (Å²) in [7, 11) is -4.78. The number of urea groups is 1. The molecule has 2 fully saturated rings. The lowest BCUT2D eigenvalue weighted by Gasteiger charge is -2.46.